The van der Waals surface area contributed by atoms with Crippen LogP contribution in [0.15, 0.2) is 42.6 Å². The Morgan fingerprint density at radius 3 is 2.84 bits per heavy atom. The van der Waals surface area contributed by atoms with E-state index in [0.29, 0.717) is 28.8 Å². The van der Waals surface area contributed by atoms with Crippen LogP contribution in [0.5, 0.6) is 11.6 Å². The summed E-state index contributed by atoms with van der Waals surface area (Å²) in [7, 11) is 0. The van der Waals surface area contributed by atoms with Crippen LogP contribution < -0.4 is 9.47 Å². The van der Waals surface area contributed by atoms with E-state index in [-0.39, 0.29) is 0 Å². The van der Waals surface area contributed by atoms with Gasteiger partial charge in [0.05, 0.1) is 17.2 Å². The zero-order valence-corrected chi connectivity index (χ0v) is 11.1. The summed E-state index contributed by atoms with van der Waals surface area (Å²) in [6.45, 7) is 2.33. The van der Waals surface area contributed by atoms with Gasteiger partial charge in [0.1, 0.15) is 5.75 Å². The zero-order chi connectivity index (χ0) is 13.7. The molecule has 0 saturated heterocycles. The summed E-state index contributed by atoms with van der Waals surface area (Å²) < 4.78 is 10.4. The number of carbonyl (C=O) groups is 1. The van der Waals surface area contributed by atoms with E-state index in [1.165, 1.54) is 12.3 Å². The highest BCUT2D eigenvalue weighted by Crippen LogP contribution is 2.24. The van der Waals surface area contributed by atoms with Gasteiger partial charge < -0.3 is 9.47 Å². The molecule has 0 N–H and O–H groups in total. The van der Waals surface area contributed by atoms with Crippen LogP contribution in [0.4, 0.5) is 0 Å². The number of esters is 1. The molecule has 0 aliphatic carbocycles. The standard InChI is InChI=1S/C14H12ClNO3/c1-2-18-13-9-10(7-8-16-13)14(17)19-12-6-4-3-5-11(12)15/h3-9H,2H2,1H3. The molecule has 19 heavy (non-hydrogen) atoms. The quantitative estimate of drug-likeness (QED) is 0.635. The zero-order valence-electron chi connectivity index (χ0n) is 10.3. The first-order valence-electron chi connectivity index (χ1n) is 5.76. The molecule has 0 bridgehead atoms. The van der Waals surface area contributed by atoms with Crippen molar-refractivity contribution < 1.29 is 14.3 Å². The molecule has 1 aromatic carbocycles. The van der Waals surface area contributed by atoms with Crippen molar-refractivity contribution >= 4 is 17.6 Å². The third-order valence-electron chi connectivity index (χ3n) is 2.30. The third kappa shape index (κ3) is 3.45. The van der Waals surface area contributed by atoms with Gasteiger partial charge in [0, 0.05) is 12.3 Å². The molecule has 2 rings (SSSR count). The van der Waals surface area contributed by atoms with E-state index in [4.69, 9.17) is 21.1 Å². The molecule has 1 heterocycles. The number of ether oxygens (including phenoxy) is 2. The molecule has 0 spiro atoms. The van der Waals surface area contributed by atoms with Crippen molar-refractivity contribution in [2.75, 3.05) is 6.61 Å². The molecule has 0 radical (unpaired) electrons. The van der Waals surface area contributed by atoms with Crippen LogP contribution in [0.1, 0.15) is 17.3 Å². The fourth-order valence-electron chi connectivity index (χ4n) is 1.45. The summed E-state index contributed by atoms with van der Waals surface area (Å²) in [4.78, 5) is 15.9. The molecule has 0 aliphatic heterocycles. The van der Waals surface area contributed by atoms with E-state index >= 15 is 0 Å². The average molecular weight is 278 g/mol. The molecule has 5 heteroatoms. The number of hydrogen-bond donors (Lipinski definition) is 0. The van der Waals surface area contributed by atoms with Gasteiger partial charge in [-0.25, -0.2) is 9.78 Å². The highest BCUT2D eigenvalue weighted by atomic mass is 35.5. The molecule has 0 unspecified atom stereocenters. The maximum absolute atomic E-state index is 12.0. The second-order valence-electron chi connectivity index (χ2n) is 3.64. The van der Waals surface area contributed by atoms with Gasteiger partial charge in [-0.15, -0.1) is 0 Å². The maximum Gasteiger partial charge on any atom is 0.343 e. The number of nitrogens with zero attached hydrogens (tertiary/aromatic N) is 1. The lowest BCUT2D eigenvalue weighted by molar-refractivity contribution is 0.0734. The summed E-state index contributed by atoms with van der Waals surface area (Å²) in [5.74, 6) is 0.205. The second kappa shape index (κ2) is 6.20. The summed E-state index contributed by atoms with van der Waals surface area (Å²) in [5, 5.41) is 0.384. The molecule has 4 nitrogen and oxygen atoms in total. The first-order chi connectivity index (χ1) is 9.20. The SMILES string of the molecule is CCOc1cc(C(=O)Oc2ccccc2Cl)ccn1. The summed E-state index contributed by atoms with van der Waals surface area (Å²) in [6, 6.07) is 9.88. The molecule has 0 atom stereocenters. The van der Waals surface area contributed by atoms with Gasteiger partial charge in [-0.05, 0) is 25.1 Å². The van der Waals surface area contributed by atoms with Crippen LogP contribution in [0.3, 0.4) is 0 Å². The number of halogens is 1. The van der Waals surface area contributed by atoms with Crippen molar-refractivity contribution in [2.24, 2.45) is 0 Å². The summed E-state index contributed by atoms with van der Waals surface area (Å²) in [5.41, 5.74) is 0.360. The number of rotatable bonds is 4. The van der Waals surface area contributed by atoms with Crippen molar-refractivity contribution in [3.8, 4) is 11.6 Å². The third-order valence-corrected chi connectivity index (χ3v) is 2.61. The van der Waals surface area contributed by atoms with Crippen LogP contribution >= 0.6 is 11.6 Å². The Labute approximate surface area is 115 Å². The Kier molecular flexibility index (Phi) is 4.36. The Morgan fingerprint density at radius 1 is 1.32 bits per heavy atom. The van der Waals surface area contributed by atoms with Gasteiger partial charge in [0.15, 0.2) is 0 Å². The fourth-order valence-corrected chi connectivity index (χ4v) is 1.62. The van der Waals surface area contributed by atoms with Gasteiger partial charge >= 0.3 is 5.97 Å². The minimum Gasteiger partial charge on any atom is -0.478 e. The van der Waals surface area contributed by atoms with Crippen LogP contribution in [-0.4, -0.2) is 17.6 Å². The number of hydrogen-bond acceptors (Lipinski definition) is 4. The van der Waals surface area contributed by atoms with Gasteiger partial charge in [0.25, 0.3) is 0 Å². The first-order valence-corrected chi connectivity index (χ1v) is 6.14. The fraction of sp³-hybridized carbons (Fsp3) is 0.143. The van der Waals surface area contributed by atoms with Crippen LogP contribution in [0, 0.1) is 0 Å². The minimum atomic E-state index is -0.503. The van der Waals surface area contributed by atoms with E-state index in [2.05, 4.69) is 4.98 Å². The molecule has 0 fully saturated rings. The molecule has 1 aromatic heterocycles. The van der Waals surface area contributed by atoms with E-state index in [1.54, 1.807) is 30.3 Å². The molecule has 0 saturated carbocycles. The number of carbonyl (C=O) groups excluding carboxylic acids is 1. The van der Waals surface area contributed by atoms with Gasteiger partial charge in [-0.2, -0.15) is 0 Å². The van der Waals surface area contributed by atoms with Gasteiger partial charge in [-0.3, -0.25) is 0 Å². The number of pyridine rings is 1. The predicted molar refractivity (Wildman–Crippen MR) is 71.8 cm³/mol. The number of benzene rings is 1. The average Bonchev–Trinajstić information content (AvgIpc) is 2.42. The topological polar surface area (TPSA) is 48.4 Å². The highest BCUT2D eigenvalue weighted by molar-refractivity contribution is 6.32. The predicted octanol–water partition coefficient (Wildman–Crippen LogP) is 3.35. The Morgan fingerprint density at radius 2 is 2.11 bits per heavy atom. The van der Waals surface area contributed by atoms with E-state index in [1.807, 2.05) is 6.92 Å². The molecule has 98 valence electrons. The van der Waals surface area contributed by atoms with Crippen LogP contribution in [0.2, 0.25) is 5.02 Å². The molecule has 0 amide bonds. The monoisotopic (exact) mass is 277 g/mol. The van der Waals surface area contributed by atoms with E-state index in [9.17, 15) is 4.79 Å². The van der Waals surface area contributed by atoms with Crippen molar-refractivity contribution in [1.82, 2.24) is 4.98 Å². The largest absolute Gasteiger partial charge is 0.478 e. The summed E-state index contributed by atoms with van der Waals surface area (Å²) >= 11 is 5.92. The lowest BCUT2D eigenvalue weighted by Gasteiger charge is -2.07. The number of aromatic nitrogens is 1. The highest BCUT2D eigenvalue weighted by Gasteiger charge is 2.11. The lowest BCUT2D eigenvalue weighted by Crippen LogP contribution is -2.09. The van der Waals surface area contributed by atoms with E-state index in [0.717, 1.165) is 0 Å². The molecule has 0 aliphatic rings. The summed E-state index contributed by atoms with van der Waals surface area (Å²) in [6.07, 6.45) is 1.49. The molecular weight excluding hydrogens is 266 g/mol. The van der Waals surface area contributed by atoms with Crippen molar-refractivity contribution in [2.45, 2.75) is 6.92 Å². The first kappa shape index (κ1) is 13.4. The lowest BCUT2D eigenvalue weighted by atomic mass is 10.2. The Bertz CT molecular complexity index is 586. The minimum absolute atomic E-state index is 0.323. The van der Waals surface area contributed by atoms with E-state index < -0.39 is 5.97 Å². The van der Waals surface area contributed by atoms with Crippen molar-refractivity contribution in [3.05, 3.63) is 53.2 Å². The Balaban J connectivity index is 2.16. The smallest absolute Gasteiger partial charge is 0.343 e. The van der Waals surface area contributed by atoms with Crippen LogP contribution in [-0.2, 0) is 0 Å². The van der Waals surface area contributed by atoms with Crippen molar-refractivity contribution in [1.29, 1.82) is 0 Å². The number of para-hydroxylation sites is 1. The van der Waals surface area contributed by atoms with Crippen LogP contribution in [0.25, 0.3) is 0 Å². The maximum atomic E-state index is 12.0. The normalized spacial score (nSPS) is 10.0. The molecular formula is C14H12ClNO3. The van der Waals surface area contributed by atoms with Gasteiger partial charge in [-0.1, -0.05) is 23.7 Å². The second-order valence-corrected chi connectivity index (χ2v) is 4.04. The Hall–Kier alpha value is -2.07. The van der Waals surface area contributed by atoms with Crippen molar-refractivity contribution in [3.63, 3.8) is 0 Å². The molecule has 2 aromatic rings. The van der Waals surface area contributed by atoms with Gasteiger partial charge in [0.2, 0.25) is 5.88 Å².